The van der Waals surface area contributed by atoms with E-state index in [2.05, 4.69) is 18.0 Å². The summed E-state index contributed by atoms with van der Waals surface area (Å²) in [6.07, 6.45) is 5.56. The molecule has 2 aromatic rings. The molecule has 1 aromatic heterocycles. The number of carboxylic acids is 1. The molecule has 3 nitrogen and oxygen atoms in total. The second kappa shape index (κ2) is 4.23. The molecule has 0 aliphatic heterocycles. The number of para-hydroxylation sites is 1. The molecule has 0 bridgehead atoms. The molecule has 2 N–H and O–H groups in total. The van der Waals surface area contributed by atoms with Crippen molar-refractivity contribution in [1.82, 2.24) is 4.98 Å². The molecule has 0 saturated heterocycles. The highest BCUT2D eigenvalue weighted by Gasteiger charge is 2.04. The zero-order valence-electron chi connectivity index (χ0n) is 9.03. The van der Waals surface area contributed by atoms with Gasteiger partial charge < -0.3 is 10.1 Å². The number of hydrogen-bond acceptors (Lipinski definition) is 1. The van der Waals surface area contributed by atoms with Gasteiger partial charge in [-0.3, -0.25) is 0 Å². The molecule has 0 atom stereocenters. The lowest BCUT2D eigenvalue weighted by Crippen LogP contribution is -1.85. The van der Waals surface area contributed by atoms with Crippen LogP contribution in [0.2, 0.25) is 0 Å². The van der Waals surface area contributed by atoms with Crippen molar-refractivity contribution in [2.24, 2.45) is 0 Å². The summed E-state index contributed by atoms with van der Waals surface area (Å²) in [7, 11) is 0. The quantitative estimate of drug-likeness (QED) is 0.773. The lowest BCUT2D eigenvalue weighted by Gasteiger charge is -1.98. The van der Waals surface area contributed by atoms with E-state index in [1.165, 1.54) is 5.56 Å². The summed E-state index contributed by atoms with van der Waals surface area (Å²) in [6.45, 7) is 2.10. The summed E-state index contributed by atoms with van der Waals surface area (Å²) >= 11 is 0. The van der Waals surface area contributed by atoms with Crippen molar-refractivity contribution in [2.75, 3.05) is 0 Å². The van der Waals surface area contributed by atoms with Crippen LogP contribution >= 0.6 is 0 Å². The van der Waals surface area contributed by atoms with Gasteiger partial charge in [0.25, 0.3) is 0 Å². The highest BCUT2D eigenvalue weighted by Crippen LogP contribution is 2.22. The molecule has 0 radical (unpaired) electrons. The average Bonchev–Trinajstić information content (AvgIpc) is 2.69. The second-order valence-corrected chi connectivity index (χ2v) is 3.61. The van der Waals surface area contributed by atoms with Gasteiger partial charge in [0.05, 0.1) is 0 Å². The minimum Gasteiger partial charge on any atom is -0.478 e. The Morgan fingerprint density at radius 2 is 2.31 bits per heavy atom. The Morgan fingerprint density at radius 3 is 3.00 bits per heavy atom. The van der Waals surface area contributed by atoms with Crippen LogP contribution in [0.3, 0.4) is 0 Å². The van der Waals surface area contributed by atoms with Crippen LogP contribution in [0.1, 0.15) is 18.1 Å². The van der Waals surface area contributed by atoms with E-state index >= 15 is 0 Å². The molecule has 1 aromatic carbocycles. The largest absolute Gasteiger partial charge is 0.478 e. The van der Waals surface area contributed by atoms with Gasteiger partial charge in [-0.1, -0.05) is 25.1 Å². The van der Waals surface area contributed by atoms with Gasteiger partial charge >= 0.3 is 5.97 Å². The molecule has 1 heterocycles. The first kappa shape index (κ1) is 10.5. The van der Waals surface area contributed by atoms with Gasteiger partial charge in [-0.2, -0.15) is 0 Å². The second-order valence-electron chi connectivity index (χ2n) is 3.61. The van der Waals surface area contributed by atoms with Crippen LogP contribution < -0.4 is 0 Å². The number of carboxylic acid groups (broad SMARTS) is 1. The van der Waals surface area contributed by atoms with Crippen molar-refractivity contribution in [1.29, 1.82) is 0 Å². The Morgan fingerprint density at radius 1 is 1.50 bits per heavy atom. The molecule has 0 unspecified atom stereocenters. The Balaban J connectivity index is 2.53. The number of aliphatic carboxylic acids is 1. The third-order valence-corrected chi connectivity index (χ3v) is 2.62. The number of nitrogens with one attached hydrogen (secondary N) is 1. The van der Waals surface area contributed by atoms with E-state index in [1.807, 2.05) is 18.3 Å². The van der Waals surface area contributed by atoms with E-state index in [0.29, 0.717) is 0 Å². The molecular weight excluding hydrogens is 202 g/mol. The zero-order valence-corrected chi connectivity index (χ0v) is 9.03. The molecule has 0 fully saturated rings. The fraction of sp³-hybridized carbons (Fsp3) is 0.154. The van der Waals surface area contributed by atoms with Crippen LogP contribution in [0.5, 0.6) is 0 Å². The highest BCUT2D eigenvalue weighted by molar-refractivity contribution is 5.94. The minimum absolute atomic E-state index is 0.910. The van der Waals surface area contributed by atoms with Gasteiger partial charge in [-0.05, 0) is 18.1 Å². The predicted molar refractivity (Wildman–Crippen MR) is 64.3 cm³/mol. The number of aromatic amines is 1. The molecule has 0 spiro atoms. The SMILES string of the molecule is CCc1cccc2c(/C=C/C(=O)O)c[nH]c12. The van der Waals surface area contributed by atoms with E-state index < -0.39 is 5.97 Å². The monoisotopic (exact) mass is 215 g/mol. The first-order valence-corrected chi connectivity index (χ1v) is 5.22. The Hall–Kier alpha value is -2.03. The lowest BCUT2D eigenvalue weighted by molar-refractivity contribution is -0.131. The number of hydrogen-bond donors (Lipinski definition) is 2. The maximum Gasteiger partial charge on any atom is 0.328 e. The van der Waals surface area contributed by atoms with Crippen LogP contribution in [-0.4, -0.2) is 16.1 Å². The standard InChI is InChI=1S/C13H13NO2/c1-2-9-4-3-5-11-10(6-7-12(15)16)8-14-13(9)11/h3-8,14H,2H2,1H3,(H,15,16)/b7-6+. The van der Waals surface area contributed by atoms with E-state index in [1.54, 1.807) is 6.08 Å². The van der Waals surface area contributed by atoms with E-state index in [4.69, 9.17) is 5.11 Å². The molecule has 0 saturated carbocycles. The van der Waals surface area contributed by atoms with Crippen molar-refractivity contribution >= 4 is 22.9 Å². The third-order valence-electron chi connectivity index (χ3n) is 2.62. The topological polar surface area (TPSA) is 53.1 Å². The van der Waals surface area contributed by atoms with E-state index in [0.717, 1.165) is 29.0 Å². The predicted octanol–water partition coefficient (Wildman–Crippen LogP) is 2.83. The zero-order chi connectivity index (χ0) is 11.5. The van der Waals surface area contributed by atoms with Crippen molar-refractivity contribution in [3.63, 3.8) is 0 Å². The van der Waals surface area contributed by atoms with Crippen LogP contribution in [-0.2, 0) is 11.2 Å². The Labute approximate surface area is 93.4 Å². The third kappa shape index (κ3) is 1.84. The Kier molecular flexibility index (Phi) is 2.77. The summed E-state index contributed by atoms with van der Waals surface area (Å²) < 4.78 is 0. The number of rotatable bonds is 3. The van der Waals surface area contributed by atoms with Crippen LogP contribution in [0.4, 0.5) is 0 Å². The number of H-pyrrole nitrogens is 1. The van der Waals surface area contributed by atoms with Gasteiger partial charge in [-0.15, -0.1) is 0 Å². The van der Waals surface area contributed by atoms with Gasteiger partial charge in [0, 0.05) is 28.7 Å². The summed E-state index contributed by atoms with van der Waals surface area (Å²) in [5, 5.41) is 9.65. The first-order chi connectivity index (χ1) is 7.72. The number of aromatic nitrogens is 1. The molecule has 0 aliphatic rings. The van der Waals surface area contributed by atoms with E-state index in [9.17, 15) is 4.79 Å². The average molecular weight is 215 g/mol. The van der Waals surface area contributed by atoms with Crippen LogP contribution in [0.15, 0.2) is 30.5 Å². The fourth-order valence-electron chi connectivity index (χ4n) is 1.83. The molecule has 0 aliphatic carbocycles. The normalized spacial score (nSPS) is 11.3. The van der Waals surface area contributed by atoms with Crippen LogP contribution in [0.25, 0.3) is 17.0 Å². The Bertz CT molecular complexity index is 552. The molecule has 3 heteroatoms. The number of fused-ring (bicyclic) bond motifs is 1. The van der Waals surface area contributed by atoms with Gasteiger partial charge in [0.15, 0.2) is 0 Å². The molecule has 16 heavy (non-hydrogen) atoms. The van der Waals surface area contributed by atoms with Gasteiger partial charge in [0.2, 0.25) is 0 Å². The summed E-state index contributed by atoms with van der Waals surface area (Å²) in [5.74, 6) is -0.930. The van der Waals surface area contributed by atoms with Crippen molar-refractivity contribution in [3.05, 3.63) is 41.6 Å². The van der Waals surface area contributed by atoms with E-state index in [-0.39, 0.29) is 0 Å². The maximum absolute atomic E-state index is 10.5. The lowest BCUT2D eigenvalue weighted by atomic mass is 10.1. The van der Waals surface area contributed by atoms with Gasteiger partial charge in [-0.25, -0.2) is 4.79 Å². The molecule has 0 amide bonds. The number of aryl methyl sites for hydroxylation is 1. The van der Waals surface area contributed by atoms with Crippen molar-refractivity contribution < 1.29 is 9.90 Å². The molecule has 2 rings (SSSR count). The van der Waals surface area contributed by atoms with Gasteiger partial charge in [0.1, 0.15) is 0 Å². The van der Waals surface area contributed by atoms with Crippen LogP contribution in [0, 0.1) is 0 Å². The maximum atomic E-state index is 10.5. The minimum atomic E-state index is -0.930. The number of benzene rings is 1. The highest BCUT2D eigenvalue weighted by atomic mass is 16.4. The summed E-state index contributed by atoms with van der Waals surface area (Å²) in [4.78, 5) is 13.6. The smallest absolute Gasteiger partial charge is 0.328 e. The molecular formula is C13H13NO2. The van der Waals surface area contributed by atoms with Crippen molar-refractivity contribution in [2.45, 2.75) is 13.3 Å². The summed E-state index contributed by atoms with van der Waals surface area (Å²) in [6, 6.07) is 6.06. The summed E-state index contributed by atoms with van der Waals surface area (Å²) in [5.41, 5.74) is 3.25. The number of carbonyl (C=O) groups is 1. The molecule has 82 valence electrons. The van der Waals surface area contributed by atoms with Crippen molar-refractivity contribution in [3.8, 4) is 0 Å². The fourth-order valence-corrected chi connectivity index (χ4v) is 1.83. The first-order valence-electron chi connectivity index (χ1n) is 5.22.